The van der Waals surface area contributed by atoms with E-state index >= 15 is 0 Å². The fourth-order valence-corrected chi connectivity index (χ4v) is 1.28. The molecule has 0 aromatic heterocycles. The third kappa shape index (κ3) is 3.20. The number of carbonyl (C=O) groups excluding carboxylic acids is 1. The topological polar surface area (TPSA) is 52.3 Å². The number of nitrogens with two attached hydrogens (primary N) is 1. The minimum Gasteiger partial charge on any atom is -0.423 e. The number of ether oxygens (including phenoxy) is 1. The van der Waals surface area contributed by atoms with E-state index in [9.17, 15) is 4.79 Å². The molecule has 0 radical (unpaired) electrons. The van der Waals surface area contributed by atoms with E-state index < -0.39 is 0 Å². The predicted molar refractivity (Wildman–Crippen MR) is 61.7 cm³/mol. The van der Waals surface area contributed by atoms with Gasteiger partial charge in [0.2, 0.25) is 0 Å². The Labute approximate surface area is 97.2 Å². The second-order valence-electron chi connectivity index (χ2n) is 2.49. The van der Waals surface area contributed by atoms with Gasteiger partial charge in [-0.1, -0.05) is 13.0 Å². The standard InChI is InChI=1S/C9H10BrNO2.ClH/c1-2-8(12)13-9-6(10)4-3-5-7(9)11;/h3-5H,2,11H2,1H3;1H. The van der Waals surface area contributed by atoms with Crippen LogP contribution in [0.15, 0.2) is 22.7 Å². The first-order valence-electron chi connectivity index (χ1n) is 3.89. The van der Waals surface area contributed by atoms with Crippen molar-refractivity contribution in [3.63, 3.8) is 0 Å². The number of anilines is 1. The molecule has 14 heavy (non-hydrogen) atoms. The number of rotatable bonds is 2. The first-order chi connectivity index (χ1) is 6.15. The van der Waals surface area contributed by atoms with Crippen LogP contribution in [0.25, 0.3) is 0 Å². The molecule has 0 atom stereocenters. The highest BCUT2D eigenvalue weighted by atomic mass is 79.9. The monoisotopic (exact) mass is 279 g/mol. The van der Waals surface area contributed by atoms with Crippen molar-refractivity contribution in [1.29, 1.82) is 0 Å². The van der Waals surface area contributed by atoms with Gasteiger partial charge >= 0.3 is 5.97 Å². The molecule has 0 aliphatic rings. The average molecular weight is 281 g/mol. The molecule has 0 aliphatic heterocycles. The maximum atomic E-state index is 11.0. The van der Waals surface area contributed by atoms with Crippen molar-refractivity contribution < 1.29 is 9.53 Å². The first-order valence-corrected chi connectivity index (χ1v) is 4.69. The molecule has 3 nitrogen and oxygen atoms in total. The number of benzene rings is 1. The van der Waals surface area contributed by atoms with Gasteiger partial charge in [0.25, 0.3) is 0 Å². The van der Waals surface area contributed by atoms with Crippen molar-refractivity contribution in [2.45, 2.75) is 13.3 Å². The molecule has 0 amide bonds. The molecule has 5 heteroatoms. The van der Waals surface area contributed by atoms with E-state index in [2.05, 4.69) is 15.9 Å². The lowest BCUT2D eigenvalue weighted by Gasteiger charge is -2.07. The van der Waals surface area contributed by atoms with Gasteiger partial charge in [-0.05, 0) is 28.1 Å². The van der Waals surface area contributed by atoms with Crippen LogP contribution in [0.2, 0.25) is 0 Å². The van der Waals surface area contributed by atoms with Crippen molar-refractivity contribution in [2.75, 3.05) is 5.73 Å². The molecule has 1 rings (SSSR count). The Morgan fingerprint density at radius 2 is 2.21 bits per heavy atom. The van der Waals surface area contributed by atoms with Gasteiger partial charge < -0.3 is 10.5 Å². The van der Waals surface area contributed by atoms with Gasteiger partial charge in [0.1, 0.15) is 0 Å². The Morgan fingerprint density at radius 1 is 1.57 bits per heavy atom. The van der Waals surface area contributed by atoms with E-state index in [-0.39, 0.29) is 18.4 Å². The molecule has 78 valence electrons. The average Bonchev–Trinajstić information content (AvgIpc) is 2.11. The Bertz CT molecular complexity index is 310. The minimum absolute atomic E-state index is 0. The number of hydrogen-bond donors (Lipinski definition) is 1. The first kappa shape index (κ1) is 13.3. The number of nitrogen functional groups attached to an aromatic ring is 1. The third-order valence-corrected chi connectivity index (χ3v) is 2.13. The van der Waals surface area contributed by atoms with Gasteiger partial charge in [0, 0.05) is 6.42 Å². The fourth-order valence-electron chi connectivity index (χ4n) is 0.819. The van der Waals surface area contributed by atoms with Gasteiger partial charge in [0.05, 0.1) is 10.2 Å². The van der Waals surface area contributed by atoms with Gasteiger partial charge in [0.15, 0.2) is 5.75 Å². The van der Waals surface area contributed by atoms with Crippen molar-refractivity contribution in [3.8, 4) is 5.75 Å². The van der Waals surface area contributed by atoms with Gasteiger partial charge in [-0.3, -0.25) is 4.79 Å². The molecule has 0 fully saturated rings. The van der Waals surface area contributed by atoms with Gasteiger partial charge in [-0.15, -0.1) is 12.4 Å². The van der Waals surface area contributed by atoms with E-state index in [0.717, 1.165) is 0 Å². The zero-order valence-electron chi connectivity index (χ0n) is 7.62. The summed E-state index contributed by atoms with van der Waals surface area (Å²) in [6.07, 6.45) is 0.334. The van der Waals surface area contributed by atoms with Crippen molar-refractivity contribution in [1.82, 2.24) is 0 Å². The summed E-state index contributed by atoms with van der Waals surface area (Å²) >= 11 is 3.25. The van der Waals surface area contributed by atoms with Crippen LogP contribution in [-0.4, -0.2) is 5.97 Å². The Kier molecular flexibility index (Phi) is 5.57. The number of esters is 1. The highest BCUT2D eigenvalue weighted by molar-refractivity contribution is 9.10. The van der Waals surface area contributed by atoms with Crippen LogP contribution < -0.4 is 10.5 Å². The van der Waals surface area contributed by atoms with Crippen molar-refractivity contribution in [3.05, 3.63) is 22.7 Å². The summed E-state index contributed by atoms with van der Waals surface area (Å²) in [6.45, 7) is 1.73. The van der Waals surface area contributed by atoms with Gasteiger partial charge in [-0.25, -0.2) is 0 Å². The lowest BCUT2D eigenvalue weighted by molar-refractivity contribution is -0.134. The number of para-hydroxylation sites is 1. The van der Waals surface area contributed by atoms with E-state index in [4.69, 9.17) is 10.5 Å². The molecule has 0 aliphatic carbocycles. The summed E-state index contributed by atoms with van der Waals surface area (Å²) in [5.74, 6) is 0.105. The van der Waals surface area contributed by atoms with Crippen LogP contribution in [0.1, 0.15) is 13.3 Å². The van der Waals surface area contributed by atoms with Crippen LogP contribution in [0.5, 0.6) is 5.75 Å². The second-order valence-corrected chi connectivity index (χ2v) is 3.34. The van der Waals surface area contributed by atoms with Crippen LogP contribution in [0.4, 0.5) is 5.69 Å². The Balaban J connectivity index is 0.00000169. The molecule has 0 bridgehead atoms. The third-order valence-electron chi connectivity index (χ3n) is 1.50. The van der Waals surface area contributed by atoms with Crippen LogP contribution in [-0.2, 0) is 4.79 Å². The maximum absolute atomic E-state index is 11.0. The highest BCUT2D eigenvalue weighted by Crippen LogP contribution is 2.30. The lowest BCUT2D eigenvalue weighted by atomic mass is 10.3. The number of carbonyl (C=O) groups is 1. The quantitative estimate of drug-likeness (QED) is 0.515. The number of hydrogen-bond acceptors (Lipinski definition) is 3. The Morgan fingerprint density at radius 3 is 2.71 bits per heavy atom. The normalized spacial score (nSPS) is 9.00. The molecule has 1 aromatic carbocycles. The van der Waals surface area contributed by atoms with Crippen LogP contribution in [0, 0.1) is 0 Å². The molecule has 1 aromatic rings. The summed E-state index contributed by atoms with van der Waals surface area (Å²) < 4.78 is 5.70. The Hall–Kier alpha value is -0.740. The fraction of sp³-hybridized carbons (Fsp3) is 0.222. The second kappa shape index (κ2) is 5.88. The summed E-state index contributed by atoms with van der Waals surface area (Å²) in [5.41, 5.74) is 6.07. The van der Waals surface area contributed by atoms with Crippen molar-refractivity contribution >= 4 is 40.0 Å². The lowest BCUT2D eigenvalue weighted by Crippen LogP contribution is -2.07. The summed E-state index contributed by atoms with van der Waals surface area (Å²) in [6, 6.07) is 5.24. The van der Waals surface area contributed by atoms with Crippen LogP contribution >= 0.6 is 28.3 Å². The maximum Gasteiger partial charge on any atom is 0.311 e. The number of halogens is 2. The smallest absolute Gasteiger partial charge is 0.311 e. The largest absolute Gasteiger partial charge is 0.423 e. The highest BCUT2D eigenvalue weighted by Gasteiger charge is 2.08. The van der Waals surface area contributed by atoms with E-state index in [1.54, 1.807) is 25.1 Å². The van der Waals surface area contributed by atoms with Crippen molar-refractivity contribution in [2.24, 2.45) is 0 Å². The summed E-state index contributed by atoms with van der Waals surface area (Å²) in [5, 5.41) is 0. The summed E-state index contributed by atoms with van der Waals surface area (Å²) in [7, 11) is 0. The van der Waals surface area contributed by atoms with E-state index in [1.807, 2.05) is 0 Å². The van der Waals surface area contributed by atoms with E-state index in [1.165, 1.54) is 0 Å². The zero-order chi connectivity index (χ0) is 9.84. The molecule has 2 N–H and O–H groups in total. The summed E-state index contributed by atoms with van der Waals surface area (Å²) in [4.78, 5) is 11.0. The van der Waals surface area contributed by atoms with Crippen LogP contribution in [0.3, 0.4) is 0 Å². The molecule has 0 heterocycles. The molecular formula is C9H11BrClNO2. The molecule has 0 saturated heterocycles. The molecule has 0 saturated carbocycles. The zero-order valence-corrected chi connectivity index (χ0v) is 10.0. The molecule has 0 unspecified atom stereocenters. The SMILES string of the molecule is CCC(=O)Oc1c(N)cccc1Br.Cl. The van der Waals surface area contributed by atoms with Gasteiger partial charge in [-0.2, -0.15) is 0 Å². The molecular weight excluding hydrogens is 269 g/mol. The molecule has 0 spiro atoms. The minimum atomic E-state index is -0.293. The predicted octanol–water partition coefficient (Wildman–Crippen LogP) is 2.77. The van der Waals surface area contributed by atoms with E-state index in [0.29, 0.717) is 22.3 Å².